The number of carbonyl (C=O) groups is 1. The van der Waals surface area contributed by atoms with Crippen LogP contribution in [0.1, 0.15) is 10.5 Å². The SMILES string of the molecule is COC(=O)c1c(Br)c2ccccc2n1C. The third-order valence-corrected chi connectivity index (χ3v) is 3.23. The van der Waals surface area contributed by atoms with Gasteiger partial charge in [-0.25, -0.2) is 4.79 Å². The summed E-state index contributed by atoms with van der Waals surface area (Å²) in [5.41, 5.74) is 1.54. The van der Waals surface area contributed by atoms with E-state index in [9.17, 15) is 4.79 Å². The van der Waals surface area contributed by atoms with Crippen molar-refractivity contribution >= 4 is 32.8 Å². The Kier molecular flexibility index (Phi) is 2.52. The van der Waals surface area contributed by atoms with Gasteiger partial charge in [0.05, 0.1) is 11.6 Å². The zero-order valence-corrected chi connectivity index (χ0v) is 10.0. The predicted molar refractivity (Wildman–Crippen MR) is 62.0 cm³/mol. The molecule has 0 aliphatic carbocycles. The third kappa shape index (κ3) is 1.45. The van der Waals surface area contributed by atoms with Crippen LogP contribution in [-0.2, 0) is 11.8 Å². The minimum atomic E-state index is -0.333. The van der Waals surface area contributed by atoms with E-state index < -0.39 is 0 Å². The molecule has 2 rings (SSSR count). The van der Waals surface area contributed by atoms with Crippen LogP contribution in [-0.4, -0.2) is 17.6 Å². The Morgan fingerprint density at radius 1 is 1.40 bits per heavy atom. The summed E-state index contributed by atoms with van der Waals surface area (Å²) in [6.45, 7) is 0. The minimum absolute atomic E-state index is 0.333. The van der Waals surface area contributed by atoms with Gasteiger partial charge in [0.25, 0.3) is 0 Å². The molecule has 0 amide bonds. The summed E-state index contributed by atoms with van der Waals surface area (Å²) in [5.74, 6) is -0.333. The number of para-hydroxylation sites is 1. The average molecular weight is 268 g/mol. The molecule has 15 heavy (non-hydrogen) atoms. The van der Waals surface area contributed by atoms with E-state index in [1.807, 2.05) is 35.9 Å². The van der Waals surface area contributed by atoms with Crippen LogP contribution in [0.25, 0.3) is 10.9 Å². The fourth-order valence-electron chi connectivity index (χ4n) is 1.67. The number of aromatic nitrogens is 1. The molecule has 3 nitrogen and oxygen atoms in total. The van der Waals surface area contributed by atoms with E-state index in [0.717, 1.165) is 15.4 Å². The number of carbonyl (C=O) groups excluding carboxylic acids is 1. The van der Waals surface area contributed by atoms with Crippen LogP contribution in [0.5, 0.6) is 0 Å². The van der Waals surface area contributed by atoms with Gasteiger partial charge < -0.3 is 9.30 Å². The zero-order chi connectivity index (χ0) is 11.0. The van der Waals surface area contributed by atoms with Crippen LogP contribution >= 0.6 is 15.9 Å². The molecule has 0 bridgehead atoms. The average Bonchev–Trinajstić information content (AvgIpc) is 2.52. The van der Waals surface area contributed by atoms with Gasteiger partial charge in [-0.2, -0.15) is 0 Å². The van der Waals surface area contributed by atoms with Crippen LogP contribution in [0.15, 0.2) is 28.7 Å². The van der Waals surface area contributed by atoms with Crippen molar-refractivity contribution in [1.82, 2.24) is 4.57 Å². The van der Waals surface area contributed by atoms with E-state index in [4.69, 9.17) is 4.74 Å². The van der Waals surface area contributed by atoms with Gasteiger partial charge in [0.1, 0.15) is 5.69 Å². The van der Waals surface area contributed by atoms with E-state index in [0.29, 0.717) is 5.69 Å². The number of benzene rings is 1. The van der Waals surface area contributed by atoms with E-state index in [1.54, 1.807) is 0 Å². The lowest BCUT2D eigenvalue weighted by Gasteiger charge is -2.01. The van der Waals surface area contributed by atoms with Crippen molar-refractivity contribution in [2.75, 3.05) is 7.11 Å². The predicted octanol–water partition coefficient (Wildman–Crippen LogP) is 2.73. The normalized spacial score (nSPS) is 10.6. The summed E-state index contributed by atoms with van der Waals surface area (Å²) in [6, 6.07) is 7.81. The first-order chi connectivity index (χ1) is 7.16. The molecular formula is C11H10BrNO2. The van der Waals surface area contributed by atoms with Gasteiger partial charge in [0, 0.05) is 18.0 Å². The zero-order valence-electron chi connectivity index (χ0n) is 8.45. The molecular weight excluding hydrogens is 258 g/mol. The Balaban J connectivity index is 2.81. The highest BCUT2D eigenvalue weighted by atomic mass is 79.9. The molecule has 4 heteroatoms. The van der Waals surface area contributed by atoms with Crippen LogP contribution in [0.2, 0.25) is 0 Å². The molecule has 0 radical (unpaired) electrons. The molecule has 0 saturated heterocycles. The standard InChI is InChI=1S/C11H10BrNO2/c1-13-8-6-4-3-5-7(8)9(12)10(13)11(14)15-2/h3-6H,1-2H3. The lowest BCUT2D eigenvalue weighted by Crippen LogP contribution is -2.07. The van der Waals surface area contributed by atoms with Gasteiger partial charge in [-0.05, 0) is 22.0 Å². The van der Waals surface area contributed by atoms with Crippen molar-refractivity contribution in [1.29, 1.82) is 0 Å². The number of aryl methyl sites for hydroxylation is 1. The maximum Gasteiger partial charge on any atom is 0.355 e. The van der Waals surface area contributed by atoms with E-state index in [2.05, 4.69) is 15.9 Å². The summed E-state index contributed by atoms with van der Waals surface area (Å²) in [6.07, 6.45) is 0. The molecule has 0 atom stereocenters. The van der Waals surface area contributed by atoms with Crippen molar-refractivity contribution in [2.24, 2.45) is 7.05 Å². The van der Waals surface area contributed by atoms with Crippen molar-refractivity contribution in [3.63, 3.8) is 0 Å². The second kappa shape index (κ2) is 3.70. The Hall–Kier alpha value is -1.29. The lowest BCUT2D eigenvalue weighted by molar-refractivity contribution is 0.0589. The molecule has 1 aromatic carbocycles. The fourth-order valence-corrected chi connectivity index (χ4v) is 2.43. The van der Waals surface area contributed by atoms with Crippen LogP contribution < -0.4 is 0 Å². The van der Waals surface area contributed by atoms with Crippen molar-refractivity contribution < 1.29 is 9.53 Å². The summed E-state index contributed by atoms with van der Waals surface area (Å²) >= 11 is 3.42. The molecule has 0 N–H and O–H groups in total. The van der Waals surface area contributed by atoms with Crippen LogP contribution in [0.4, 0.5) is 0 Å². The van der Waals surface area contributed by atoms with Crippen LogP contribution in [0, 0.1) is 0 Å². The highest BCUT2D eigenvalue weighted by molar-refractivity contribution is 9.10. The second-order valence-corrected chi connectivity index (χ2v) is 4.02. The van der Waals surface area contributed by atoms with Crippen molar-refractivity contribution in [3.05, 3.63) is 34.4 Å². The van der Waals surface area contributed by atoms with E-state index in [-0.39, 0.29) is 5.97 Å². The number of rotatable bonds is 1. The maximum atomic E-state index is 11.6. The largest absolute Gasteiger partial charge is 0.464 e. The van der Waals surface area contributed by atoms with Gasteiger partial charge in [-0.15, -0.1) is 0 Å². The number of hydrogen-bond donors (Lipinski definition) is 0. The number of fused-ring (bicyclic) bond motifs is 1. The second-order valence-electron chi connectivity index (χ2n) is 3.23. The minimum Gasteiger partial charge on any atom is -0.464 e. The highest BCUT2D eigenvalue weighted by Crippen LogP contribution is 2.30. The third-order valence-electron chi connectivity index (χ3n) is 2.42. The molecule has 2 aromatic rings. The van der Waals surface area contributed by atoms with Crippen LogP contribution in [0.3, 0.4) is 0 Å². The summed E-state index contributed by atoms with van der Waals surface area (Å²) in [5, 5.41) is 1.01. The molecule has 0 saturated carbocycles. The maximum absolute atomic E-state index is 11.6. The Bertz CT molecular complexity index is 492. The Morgan fingerprint density at radius 3 is 2.67 bits per heavy atom. The Labute approximate surface area is 95.8 Å². The first-order valence-corrected chi connectivity index (χ1v) is 5.27. The number of nitrogens with zero attached hydrogens (tertiary/aromatic N) is 1. The molecule has 1 aromatic heterocycles. The monoisotopic (exact) mass is 267 g/mol. The van der Waals surface area contributed by atoms with Crippen molar-refractivity contribution in [3.8, 4) is 0 Å². The van der Waals surface area contributed by atoms with Gasteiger partial charge in [-0.1, -0.05) is 18.2 Å². The van der Waals surface area contributed by atoms with Crippen molar-refractivity contribution in [2.45, 2.75) is 0 Å². The molecule has 78 valence electrons. The smallest absolute Gasteiger partial charge is 0.355 e. The van der Waals surface area contributed by atoms with Gasteiger partial charge in [-0.3, -0.25) is 0 Å². The number of ether oxygens (including phenoxy) is 1. The summed E-state index contributed by atoms with van der Waals surface area (Å²) in [7, 11) is 3.23. The molecule has 0 fully saturated rings. The lowest BCUT2D eigenvalue weighted by atomic mass is 10.2. The van der Waals surface area contributed by atoms with E-state index in [1.165, 1.54) is 7.11 Å². The topological polar surface area (TPSA) is 31.2 Å². The first-order valence-electron chi connectivity index (χ1n) is 4.48. The highest BCUT2D eigenvalue weighted by Gasteiger charge is 2.19. The van der Waals surface area contributed by atoms with Gasteiger partial charge in [0.2, 0.25) is 0 Å². The van der Waals surface area contributed by atoms with E-state index >= 15 is 0 Å². The number of hydrogen-bond acceptors (Lipinski definition) is 2. The molecule has 0 aliphatic heterocycles. The molecule has 0 spiro atoms. The number of esters is 1. The molecule has 0 unspecified atom stereocenters. The van der Waals surface area contributed by atoms with Gasteiger partial charge >= 0.3 is 5.97 Å². The fraction of sp³-hybridized carbons (Fsp3) is 0.182. The molecule has 1 heterocycles. The first kappa shape index (κ1) is 10.2. The quantitative estimate of drug-likeness (QED) is 0.744. The number of halogens is 1. The summed E-state index contributed by atoms with van der Waals surface area (Å²) in [4.78, 5) is 11.6. The summed E-state index contributed by atoms with van der Waals surface area (Å²) < 4.78 is 7.35. The van der Waals surface area contributed by atoms with Gasteiger partial charge in [0.15, 0.2) is 0 Å². The number of methoxy groups -OCH3 is 1. The molecule has 0 aliphatic rings. The Morgan fingerprint density at radius 2 is 2.07 bits per heavy atom.